The number of aromatic nitrogens is 3. The van der Waals surface area contributed by atoms with Crippen molar-refractivity contribution in [2.75, 3.05) is 19.6 Å². The molecule has 28 heavy (non-hydrogen) atoms. The molecular formula is C20H30ClN5O2. The zero-order valence-electron chi connectivity index (χ0n) is 16.7. The summed E-state index contributed by atoms with van der Waals surface area (Å²) in [6, 6.07) is 8.19. The third-order valence-corrected chi connectivity index (χ3v) is 5.08. The highest BCUT2D eigenvalue weighted by Crippen LogP contribution is 2.20. The van der Waals surface area contributed by atoms with Crippen molar-refractivity contribution in [1.29, 1.82) is 0 Å². The van der Waals surface area contributed by atoms with E-state index in [0.29, 0.717) is 31.2 Å². The monoisotopic (exact) mass is 407 g/mol. The highest BCUT2D eigenvalue weighted by molar-refractivity contribution is 5.93. The number of hydrogen-bond donors (Lipinski definition) is 3. The fourth-order valence-electron chi connectivity index (χ4n) is 3.40. The van der Waals surface area contributed by atoms with Crippen molar-refractivity contribution in [3.05, 3.63) is 41.2 Å². The van der Waals surface area contributed by atoms with E-state index in [1.165, 1.54) is 5.56 Å². The van der Waals surface area contributed by atoms with Gasteiger partial charge in [0.25, 0.3) is 5.91 Å². The lowest BCUT2D eigenvalue weighted by atomic mass is 10.0. The zero-order chi connectivity index (χ0) is 19.4. The molecule has 0 aliphatic carbocycles. The number of nitrogens with one attached hydrogen (secondary N) is 2. The molecule has 1 amide bonds. The van der Waals surface area contributed by atoms with Gasteiger partial charge in [0, 0.05) is 25.6 Å². The van der Waals surface area contributed by atoms with Crippen molar-refractivity contribution in [3.8, 4) is 5.69 Å². The number of nitrogens with zero attached hydrogens (tertiary/aromatic N) is 3. The Hall–Kier alpha value is -1.96. The van der Waals surface area contributed by atoms with E-state index in [1.807, 2.05) is 12.1 Å². The molecule has 1 aromatic heterocycles. The molecule has 1 aromatic carbocycles. The van der Waals surface area contributed by atoms with Gasteiger partial charge in [-0.3, -0.25) is 4.79 Å². The van der Waals surface area contributed by atoms with Crippen LogP contribution in [0.1, 0.15) is 54.9 Å². The van der Waals surface area contributed by atoms with E-state index >= 15 is 0 Å². The molecule has 3 N–H and O–H groups in total. The normalized spacial score (nSPS) is 18.9. The first kappa shape index (κ1) is 22.3. The molecule has 0 radical (unpaired) electrons. The van der Waals surface area contributed by atoms with Gasteiger partial charge in [0.2, 0.25) is 0 Å². The summed E-state index contributed by atoms with van der Waals surface area (Å²) < 4.78 is 1.77. The Morgan fingerprint density at radius 3 is 2.82 bits per heavy atom. The summed E-state index contributed by atoms with van der Waals surface area (Å²) >= 11 is 0. The van der Waals surface area contributed by atoms with Gasteiger partial charge < -0.3 is 15.7 Å². The van der Waals surface area contributed by atoms with E-state index in [4.69, 9.17) is 0 Å². The van der Waals surface area contributed by atoms with Gasteiger partial charge >= 0.3 is 0 Å². The van der Waals surface area contributed by atoms with E-state index in [0.717, 1.165) is 24.2 Å². The maximum absolute atomic E-state index is 12.7. The van der Waals surface area contributed by atoms with Crippen molar-refractivity contribution < 1.29 is 9.90 Å². The average Bonchev–Trinajstić information content (AvgIpc) is 3.26. The minimum atomic E-state index is -0.421. The highest BCUT2D eigenvalue weighted by atomic mass is 35.5. The maximum atomic E-state index is 12.7. The molecule has 0 bridgehead atoms. The van der Waals surface area contributed by atoms with Crippen LogP contribution in [0.15, 0.2) is 24.3 Å². The summed E-state index contributed by atoms with van der Waals surface area (Å²) in [7, 11) is 0. The minimum Gasteiger partial charge on any atom is -0.391 e. The Bertz CT molecular complexity index is 793. The summed E-state index contributed by atoms with van der Waals surface area (Å²) in [4.78, 5) is 12.7. The van der Waals surface area contributed by atoms with Gasteiger partial charge in [0.1, 0.15) is 0 Å². The van der Waals surface area contributed by atoms with Crippen molar-refractivity contribution in [2.45, 2.75) is 45.6 Å². The third-order valence-electron chi connectivity index (χ3n) is 5.08. The van der Waals surface area contributed by atoms with Crippen LogP contribution in [0.4, 0.5) is 0 Å². The second-order valence-electron chi connectivity index (χ2n) is 7.49. The predicted octanol–water partition coefficient (Wildman–Crippen LogP) is 2.08. The van der Waals surface area contributed by atoms with E-state index in [-0.39, 0.29) is 24.2 Å². The van der Waals surface area contributed by atoms with Crippen LogP contribution < -0.4 is 10.6 Å². The molecule has 154 valence electrons. The van der Waals surface area contributed by atoms with Crippen molar-refractivity contribution in [2.24, 2.45) is 5.92 Å². The van der Waals surface area contributed by atoms with E-state index in [1.54, 1.807) is 4.68 Å². The highest BCUT2D eigenvalue weighted by Gasteiger charge is 2.26. The first-order valence-corrected chi connectivity index (χ1v) is 9.73. The number of hydrogen-bond acceptors (Lipinski definition) is 5. The Morgan fingerprint density at radius 2 is 2.18 bits per heavy atom. The third kappa shape index (κ3) is 4.90. The van der Waals surface area contributed by atoms with Crippen molar-refractivity contribution in [3.63, 3.8) is 0 Å². The van der Waals surface area contributed by atoms with Gasteiger partial charge in [-0.2, -0.15) is 0 Å². The lowest BCUT2D eigenvalue weighted by molar-refractivity contribution is 0.0921. The smallest absolute Gasteiger partial charge is 0.273 e. The molecule has 1 aliphatic heterocycles. The molecular weight excluding hydrogens is 378 g/mol. The molecule has 7 nitrogen and oxygen atoms in total. The number of aliphatic hydroxyl groups excluding tert-OH is 1. The number of carbonyl (C=O) groups is 1. The van der Waals surface area contributed by atoms with Gasteiger partial charge in [-0.25, -0.2) is 4.68 Å². The summed E-state index contributed by atoms with van der Waals surface area (Å²) in [6.07, 6.45) is 1.19. The Morgan fingerprint density at radius 1 is 1.39 bits per heavy atom. The number of aliphatic hydroxyl groups is 1. The summed E-state index contributed by atoms with van der Waals surface area (Å²) in [5.41, 5.74) is 3.33. The summed E-state index contributed by atoms with van der Waals surface area (Å²) in [5.74, 6) is 0.211. The van der Waals surface area contributed by atoms with Crippen LogP contribution in [0.5, 0.6) is 0 Å². The molecule has 2 heterocycles. The first-order valence-electron chi connectivity index (χ1n) is 9.73. The maximum Gasteiger partial charge on any atom is 0.273 e. The Labute approximate surface area is 172 Å². The lowest BCUT2D eigenvalue weighted by Crippen LogP contribution is -2.35. The second kappa shape index (κ2) is 10.0. The topological polar surface area (TPSA) is 92.1 Å². The Kier molecular flexibility index (Phi) is 7.98. The van der Waals surface area contributed by atoms with Crippen molar-refractivity contribution in [1.82, 2.24) is 25.6 Å². The molecule has 2 unspecified atom stereocenters. The molecule has 1 saturated heterocycles. The van der Waals surface area contributed by atoms with Gasteiger partial charge in [-0.05, 0) is 30.0 Å². The standard InChI is InChI=1S/C20H29N5O2.ClH/c1-4-6-17-19(20(27)22-11-15-10-21-12-18(15)26)23-24-25(17)16-8-5-7-14(9-16)13(2)3;/h5,7-9,13,15,18,21,26H,4,6,10-12H2,1-3H3,(H,22,27);1H. The molecule has 0 saturated carbocycles. The lowest BCUT2D eigenvalue weighted by Gasteiger charge is -2.14. The Balaban J connectivity index is 0.00000280. The van der Waals surface area contributed by atoms with Crippen LogP contribution in [0.25, 0.3) is 5.69 Å². The van der Waals surface area contributed by atoms with E-state index < -0.39 is 6.10 Å². The summed E-state index contributed by atoms with van der Waals surface area (Å²) in [6.45, 7) is 8.08. The molecule has 8 heteroatoms. The minimum absolute atomic E-state index is 0. The number of halogens is 1. The molecule has 0 spiro atoms. The zero-order valence-corrected chi connectivity index (χ0v) is 17.5. The van der Waals surface area contributed by atoms with Crippen LogP contribution in [-0.4, -0.2) is 51.7 Å². The van der Waals surface area contributed by atoms with E-state index in [9.17, 15) is 9.90 Å². The van der Waals surface area contributed by atoms with Crippen LogP contribution in [0, 0.1) is 5.92 Å². The molecule has 2 atom stereocenters. The van der Waals surface area contributed by atoms with Crippen LogP contribution in [-0.2, 0) is 6.42 Å². The fraction of sp³-hybridized carbons (Fsp3) is 0.550. The van der Waals surface area contributed by atoms with Gasteiger partial charge in [0.05, 0.1) is 17.5 Å². The predicted molar refractivity (Wildman–Crippen MR) is 111 cm³/mol. The number of carbonyl (C=O) groups excluding carboxylic acids is 1. The first-order chi connectivity index (χ1) is 13.0. The molecule has 3 rings (SSSR count). The SMILES string of the molecule is CCCc1c(C(=O)NCC2CNCC2O)nnn1-c1cccc(C(C)C)c1.Cl. The summed E-state index contributed by atoms with van der Waals surface area (Å²) in [5, 5.41) is 24.4. The van der Waals surface area contributed by atoms with Crippen LogP contribution >= 0.6 is 12.4 Å². The van der Waals surface area contributed by atoms with Gasteiger partial charge in [0.15, 0.2) is 5.69 Å². The molecule has 2 aromatic rings. The fourth-order valence-corrected chi connectivity index (χ4v) is 3.40. The van der Waals surface area contributed by atoms with E-state index in [2.05, 4.69) is 53.8 Å². The largest absolute Gasteiger partial charge is 0.391 e. The number of β-amino-alcohol motifs (C(OH)–C–C–N with tert-alkyl or cyclic N) is 1. The van der Waals surface area contributed by atoms with Crippen LogP contribution in [0.2, 0.25) is 0 Å². The van der Waals surface area contributed by atoms with Crippen LogP contribution in [0.3, 0.4) is 0 Å². The van der Waals surface area contributed by atoms with Gasteiger partial charge in [-0.15, -0.1) is 17.5 Å². The molecule has 1 fully saturated rings. The average molecular weight is 408 g/mol. The number of benzene rings is 1. The van der Waals surface area contributed by atoms with Crippen molar-refractivity contribution >= 4 is 18.3 Å². The number of amides is 1. The molecule has 1 aliphatic rings. The second-order valence-corrected chi connectivity index (χ2v) is 7.49. The van der Waals surface area contributed by atoms with Gasteiger partial charge in [-0.1, -0.05) is 44.5 Å². The number of rotatable bonds is 7. The quantitative estimate of drug-likeness (QED) is 0.653.